The Balaban J connectivity index is 2.55. The minimum Gasteiger partial charge on any atom is -0.384 e. The molecule has 1 aliphatic rings. The molecule has 70 valence electrons. The van der Waals surface area contributed by atoms with Crippen molar-refractivity contribution in [1.29, 1.82) is 0 Å². The molecule has 3 N–H and O–H groups in total. The molecule has 1 aliphatic carbocycles. The van der Waals surface area contributed by atoms with Crippen molar-refractivity contribution in [2.24, 2.45) is 5.73 Å². The van der Waals surface area contributed by atoms with Gasteiger partial charge in [0.1, 0.15) is 11.4 Å². The van der Waals surface area contributed by atoms with E-state index in [-0.39, 0.29) is 12.4 Å². The molecule has 1 atom stereocenters. The highest BCUT2D eigenvalue weighted by Gasteiger charge is 2.36. The third kappa shape index (κ3) is 1.16. The number of hydrogen-bond donors (Lipinski definition) is 2. The molecule has 0 bridgehead atoms. The Hall–Kier alpha value is -0.930. The summed E-state index contributed by atoms with van der Waals surface area (Å²) in [6, 6.07) is 4.78. The smallest absolute Gasteiger partial charge is 0.126 e. The second-order valence-electron chi connectivity index (χ2n) is 3.50. The van der Waals surface area contributed by atoms with Crippen LogP contribution in [0.1, 0.15) is 17.5 Å². The van der Waals surface area contributed by atoms with Crippen LogP contribution >= 0.6 is 0 Å². The minimum absolute atomic E-state index is 0.156. The largest absolute Gasteiger partial charge is 0.384 e. The van der Waals surface area contributed by atoms with Crippen molar-refractivity contribution in [3.05, 3.63) is 35.1 Å². The monoisotopic (exact) mass is 181 g/mol. The Morgan fingerprint density at radius 1 is 1.54 bits per heavy atom. The number of hydrogen-bond acceptors (Lipinski definition) is 2. The molecular formula is C10H12FNO. The summed E-state index contributed by atoms with van der Waals surface area (Å²) in [5, 5.41) is 9.98. The van der Waals surface area contributed by atoms with Crippen molar-refractivity contribution >= 4 is 0 Å². The lowest BCUT2D eigenvalue weighted by Crippen LogP contribution is -2.32. The molecule has 2 nitrogen and oxygen atoms in total. The summed E-state index contributed by atoms with van der Waals surface area (Å²) < 4.78 is 13.2. The second kappa shape index (κ2) is 2.79. The molecule has 0 aliphatic heterocycles. The van der Waals surface area contributed by atoms with E-state index in [1.807, 2.05) is 0 Å². The molecule has 0 fully saturated rings. The number of aliphatic hydroxyl groups is 1. The highest BCUT2D eigenvalue weighted by Crippen LogP contribution is 2.36. The van der Waals surface area contributed by atoms with E-state index in [1.165, 1.54) is 6.07 Å². The molecule has 0 amide bonds. The average molecular weight is 181 g/mol. The van der Waals surface area contributed by atoms with Gasteiger partial charge in [-0.1, -0.05) is 12.1 Å². The van der Waals surface area contributed by atoms with Crippen LogP contribution in [0.15, 0.2) is 18.2 Å². The summed E-state index contributed by atoms with van der Waals surface area (Å²) in [5.74, 6) is -0.234. The summed E-state index contributed by atoms with van der Waals surface area (Å²) >= 11 is 0. The van der Waals surface area contributed by atoms with Crippen molar-refractivity contribution in [3.63, 3.8) is 0 Å². The summed E-state index contributed by atoms with van der Waals surface area (Å²) in [4.78, 5) is 0. The van der Waals surface area contributed by atoms with Gasteiger partial charge in [-0.2, -0.15) is 0 Å². The van der Waals surface area contributed by atoms with E-state index in [9.17, 15) is 9.50 Å². The molecule has 1 unspecified atom stereocenters. The van der Waals surface area contributed by atoms with Gasteiger partial charge in [-0.15, -0.1) is 0 Å². The van der Waals surface area contributed by atoms with Crippen molar-refractivity contribution in [1.82, 2.24) is 0 Å². The first-order valence-corrected chi connectivity index (χ1v) is 4.38. The van der Waals surface area contributed by atoms with E-state index in [2.05, 4.69) is 0 Å². The molecule has 0 aromatic heterocycles. The highest BCUT2D eigenvalue weighted by molar-refractivity contribution is 5.38. The molecule has 1 aromatic carbocycles. The van der Waals surface area contributed by atoms with Crippen LogP contribution in [0, 0.1) is 5.82 Å². The fourth-order valence-electron chi connectivity index (χ4n) is 1.93. The Labute approximate surface area is 76.2 Å². The lowest BCUT2D eigenvalue weighted by molar-refractivity contribution is 0.0481. The summed E-state index contributed by atoms with van der Waals surface area (Å²) in [6.07, 6.45) is 1.11. The van der Waals surface area contributed by atoms with Gasteiger partial charge in [0.2, 0.25) is 0 Å². The minimum atomic E-state index is -1.00. The number of nitrogens with two attached hydrogens (primary N) is 1. The summed E-state index contributed by atoms with van der Waals surface area (Å²) in [6.45, 7) is 0.156. The lowest BCUT2D eigenvalue weighted by atomic mass is 9.96. The first-order valence-electron chi connectivity index (χ1n) is 4.38. The quantitative estimate of drug-likeness (QED) is 0.676. The Morgan fingerprint density at radius 2 is 2.31 bits per heavy atom. The van der Waals surface area contributed by atoms with Crippen molar-refractivity contribution in [2.75, 3.05) is 6.54 Å². The molecule has 0 heterocycles. The van der Waals surface area contributed by atoms with E-state index in [0.717, 1.165) is 0 Å². The van der Waals surface area contributed by atoms with Gasteiger partial charge in [-0.25, -0.2) is 4.39 Å². The van der Waals surface area contributed by atoms with Crippen LogP contribution in [0.3, 0.4) is 0 Å². The topological polar surface area (TPSA) is 46.2 Å². The van der Waals surface area contributed by atoms with Gasteiger partial charge in [-0.05, 0) is 30.0 Å². The van der Waals surface area contributed by atoms with E-state index in [4.69, 9.17) is 5.73 Å². The normalized spacial score (nSPS) is 26.1. The average Bonchev–Trinajstić information content (AvgIpc) is 2.47. The van der Waals surface area contributed by atoms with Crippen LogP contribution in [0.5, 0.6) is 0 Å². The lowest BCUT2D eigenvalue weighted by Gasteiger charge is -2.21. The summed E-state index contributed by atoms with van der Waals surface area (Å²) in [7, 11) is 0. The predicted octanol–water partition coefficient (Wildman–Crippen LogP) is 0.918. The van der Waals surface area contributed by atoms with E-state index >= 15 is 0 Å². The Bertz CT molecular complexity index is 340. The van der Waals surface area contributed by atoms with Gasteiger partial charge in [0.15, 0.2) is 0 Å². The maximum atomic E-state index is 13.2. The number of benzene rings is 1. The first kappa shape index (κ1) is 8.66. The van der Waals surface area contributed by atoms with Crippen LogP contribution in [0.25, 0.3) is 0 Å². The van der Waals surface area contributed by atoms with Gasteiger partial charge in [0.05, 0.1) is 0 Å². The molecule has 0 saturated carbocycles. The van der Waals surface area contributed by atoms with Gasteiger partial charge in [0, 0.05) is 6.54 Å². The summed E-state index contributed by atoms with van der Waals surface area (Å²) in [5.41, 5.74) is 5.74. The third-order valence-corrected chi connectivity index (χ3v) is 2.75. The maximum Gasteiger partial charge on any atom is 0.126 e. The van der Waals surface area contributed by atoms with Gasteiger partial charge < -0.3 is 10.8 Å². The SMILES string of the molecule is NCC1(O)CCc2c(F)cccc21. The molecule has 0 spiro atoms. The fourth-order valence-corrected chi connectivity index (χ4v) is 1.93. The third-order valence-electron chi connectivity index (χ3n) is 2.75. The molecular weight excluding hydrogens is 169 g/mol. The van der Waals surface area contributed by atoms with Gasteiger partial charge in [-0.3, -0.25) is 0 Å². The van der Waals surface area contributed by atoms with Crippen molar-refractivity contribution in [2.45, 2.75) is 18.4 Å². The zero-order valence-electron chi connectivity index (χ0n) is 7.26. The molecule has 13 heavy (non-hydrogen) atoms. The fraction of sp³-hybridized carbons (Fsp3) is 0.400. The van der Waals surface area contributed by atoms with Crippen molar-refractivity contribution < 1.29 is 9.50 Å². The van der Waals surface area contributed by atoms with Gasteiger partial charge in [0.25, 0.3) is 0 Å². The van der Waals surface area contributed by atoms with E-state index in [0.29, 0.717) is 24.0 Å². The van der Waals surface area contributed by atoms with Crippen LogP contribution < -0.4 is 5.73 Å². The zero-order chi connectivity index (χ0) is 9.47. The molecule has 0 radical (unpaired) electrons. The van der Waals surface area contributed by atoms with Crippen LogP contribution in [-0.4, -0.2) is 11.7 Å². The predicted molar refractivity (Wildman–Crippen MR) is 47.7 cm³/mol. The van der Waals surface area contributed by atoms with E-state index in [1.54, 1.807) is 12.1 Å². The highest BCUT2D eigenvalue weighted by atomic mass is 19.1. The standard InChI is InChI=1S/C10H12FNO/c11-9-3-1-2-8-7(9)4-5-10(8,13)6-12/h1-3,13H,4-6,12H2. The van der Waals surface area contributed by atoms with Crippen LogP contribution in [0.2, 0.25) is 0 Å². The Kier molecular flexibility index (Phi) is 1.86. The maximum absolute atomic E-state index is 13.2. The second-order valence-corrected chi connectivity index (χ2v) is 3.50. The van der Waals surface area contributed by atoms with Crippen LogP contribution in [0.4, 0.5) is 4.39 Å². The molecule has 2 rings (SSSR count). The van der Waals surface area contributed by atoms with Crippen molar-refractivity contribution in [3.8, 4) is 0 Å². The number of fused-ring (bicyclic) bond motifs is 1. The molecule has 3 heteroatoms. The zero-order valence-corrected chi connectivity index (χ0v) is 7.26. The molecule has 0 saturated heterocycles. The Morgan fingerprint density at radius 3 is 3.00 bits per heavy atom. The number of rotatable bonds is 1. The van der Waals surface area contributed by atoms with Crippen LogP contribution in [-0.2, 0) is 12.0 Å². The van der Waals surface area contributed by atoms with E-state index < -0.39 is 5.60 Å². The first-order chi connectivity index (χ1) is 6.17. The molecule has 1 aromatic rings. The number of halogens is 1. The van der Waals surface area contributed by atoms with Gasteiger partial charge >= 0.3 is 0 Å².